The third-order valence-corrected chi connectivity index (χ3v) is 10.3. The van der Waals surface area contributed by atoms with Crippen molar-refractivity contribution in [2.75, 3.05) is 25.6 Å². The summed E-state index contributed by atoms with van der Waals surface area (Å²) in [5.74, 6) is -4.07. The van der Waals surface area contributed by atoms with Crippen molar-refractivity contribution >= 4 is 41.2 Å². The van der Waals surface area contributed by atoms with Crippen molar-refractivity contribution in [1.82, 2.24) is 0 Å². The molecule has 17 heteroatoms. The minimum absolute atomic E-state index is 0.0438. The number of nitro groups is 1. The van der Waals surface area contributed by atoms with Crippen LogP contribution in [-0.2, 0) is 14.3 Å². The molecule has 0 heterocycles. The van der Waals surface area contributed by atoms with E-state index in [-0.39, 0.29) is 46.6 Å². The SMILES string of the molecule is C=CC(=O)OCCCCCCCCCCCOc1ccccc1.CCCCCCCCOc1cc(N)c(C(=O)Oc2ccc(OC(C)OC(=O)c3cc(C(=O)O)ccc3C(=O)O)cc2)cc1[N+](=O)[O-]. The Bertz CT molecular complexity index is 2260. The van der Waals surface area contributed by atoms with Crippen LogP contribution in [-0.4, -0.2) is 71.1 Å². The molecule has 0 bridgehead atoms. The zero-order chi connectivity index (χ0) is 50.4. The number of nitrogen functional groups attached to an aromatic ring is 1. The summed E-state index contributed by atoms with van der Waals surface area (Å²) >= 11 is 0. The molecule has 0 saturated carbocycles. The van der Waals surface area contributed by atoms with Crippen LogP contribution in [0.5, 0.6) is 23.0 Å². The van der Waals surface area contributed by atoms with E-state index < -0.39 is 51.9 Å². The van der Waals surface area contributed by atoms with Crippen molar-refractivity contribution < 1.29 is 67.5 Å². The molecule has 4 aromatic carbocycles. The Hall–Kier alpha value is -7.43. The predicted octanol–water partition coefficient (Wildman–Crippen LogP) is 11.4. The molecule has 0 spiro atoms. The van der Waals surface area contributed by atoms with E-state index in [4.69, 9.17) is 39.3 Å². The number of hydrogen-bond acceptors (Lipinski definition) is 14. The monoisotopic (exact) mass is 956 g/mol. The van der Waals surface area contributed by atoms with Gasteiger partial charge in [-0.25, -0.2) is 24.0 Å². The number of aromatic carboxylic acids is 2. The molecule has 0 aliphatic rings. The van der Waals surface area contributed by atoms with Crippen molar-refractivity contribution in [3.63, 3.8) is 0 Å². The van der Waals surface area contributed by atoms with Gasteiger partial charge in [0.2, 0.25) is 6.29 Å². The number of para-hydroxylation sites is 1. The van der Waals surface area contributed by atoms with Gasteiger partial charge in [-0.15, -0.1) is 0 Å². The van der Waals surface area contributed by atoms with Crippen LogP contribution >= 0.6 is 0 Å². The molecule has 0 aromatic heterocycles. The van der Waals surface area contributed by atoms with Crippen LogP contribution in [0.1, 0.15) is 152 Å². The highest BCUT2D eigenvalue weighted by Gasteiger charge is 2.25. The Labute approximate surface area is 402 Å². The van der Waals surface area contributed by atoms with Crippen LogP contribution in [0.4, 0.5) is 11.4 Å². The smallest absolute Gasteiger partial charge is 0.345 e. The summed E-state index contributed by atoms with van der Waals surface area (Å²) in [5.41, 5.74) is 4.07. The summed E-state index contributed by atoms with van der Waals surface area (Å²) in [6, 6.07) is 20.6. The van der Waals surface area contributed by atoms with Gasteiger partial charge in [0.1, 0.15) is 17.2 Å². The van der Waals surface area contributed by atoms with Gasteiger partial charge in [0.25, 0.3) is 0 Å². The van der Waals surface area contributed by atoms with Gasteiger partial charge < -0.3 is 44.4 Å². The second-order valence-electron chi connectivity index (χ2n) is 15.8. The van der Waals surface area contributed by atoms with E-state index in [9.17, 15) is 39.2 Å². The third-order valence-electron chi connectivity index (χ3n) is 10.3. The van der Waals surface area contributed by atoms with Crippen molar-refractivity contribution in [2.45, 2.75) is 116 Å². The van der Waals surface area contributed by atoms with Crippen molar-refractivity contribution in [3.05, 3.63) is 130 Å². The standard InChI is InChI=1S/C32H34N2O12.C20H30O3/c1-3-4-5-6-7-8-15-43-28-18-26(33)25(17-27(28)34(41)42)32(40)46-22-12-10-21(11-13-22)44-19(2)45-31(39)24-16-20(29(35)36)9-14-23(24)30(37)38;1-2-20(21)23-18-14-9-7-5-3-4-6-8-13-17-22-19-15-11-10-12-16-19/h9-14,16-19H,3-8,15,33H2,1-2H3,(H,35,36)(H,37,38);2,10-12,15-16H,1,3-9,13-14,17-18H2. The van der Waals surface area contributed by atoms with Gasteiger partial charge in [-0.3, -0.25) is 10.1 Å². The number of benzene rings is 4. The number of nitro benzene ring substituents is 1. The molecule has 17 nitrogen and oxygen atoms in total. The maximum Gasteiger partial charge on any atom is 0.345 e. The lowest BCUT2D eigenvalue weighted by Gasteiger charge is -2.16. The van der Waals surface area contributed by atoms with E-state index in [1.165, 1.54) is 81.9 Å². The van der Waals surface area contributed by atoms with Gasteiger partial charge in [0.05, 0.1) is 52.7 Å². The first-order valence-corrected chi connectivity index (χ1v) is 23.2. The Balaban J connectivity index is 0.000000459. The average Bonchev–Trinajstić information content (AvgIpc) is 3.33. The summed E-state index contributed by atoms with van der Waals surface area (Å²) in [7, 11) is 0. The number of carbonyl (C=O) groups excluding carboxylic acids is 3. The number of carbonyl (C=O) groups is 5. The summed E-state index contributed by atoms with van der Waals surface area (Å²) in [5, 5.41) is 30.2. The number of anilines is 1. The molecule has 0 fully saturated rings. The lowest BCUT2D eigenvalue weighted by Crippen LogP contribution is -2.23. The number of carboxylic acid groups (broad SMARTS) is 2. The lowest BCUT2D eigenvalue weighted by molar-refractivity contribution is -0.385. The van der Waals surface area contributed by atoms with Crippen LogP contribution in [0.3, 0.4) is 0 Å². The number of esters is 3. The van der Waals surface area contributed by atoms with Gasteiger partial charge in [-0.1, -0.05) is 109 Å². The summed E-state index contributed by atoms with van der Waals surface area (Å²) in [6.45, 7) is 8.45. The first kappa shape index (κ1) is 55.9. The molecular formula is C52H64N2O15. The van der Waals surface area contributed by atoms with E-state index in [0.29, 0.717) is 6.61 Å². The number of rotatable bonds is 31. The van der Waals surface area contributed by atoms with Crippen molar-refractivity contribution in [3.8, 4) is 23.0 Å². The fraction of sp³-hybridized carbons (Fsp3) is 0.404. The minimum Gasteiger partial charge on any atom is -0.494 e. The number of hydrogen-bond donors (Lipinski definition) is 3. The molecule has 4 N–H and O–H groups in total. The molecular weight excluding hydrogens is 893 g/mol. The highest BCUT2D eigenvalue weighted by Crippen LogP contribution is 2.33. The van der Waals surface area contributed by atoms with E-state index >= 15 is 0 Å². The van der Waals surface area contributed by atoms with Crippen LogP contribution in [0.15, 0.2) is 97.6 Å². The molecule has 0 aliphatic heterocycles. The lowest BCUT2D eigenvalue weighted by atomic mass is 10.0. The van der Waals surface area contributed by atoms with E-state index in [1.54, 1.807) is 0 Å². The second kappa shape index (κ2) is 31.5. The quantitative estimate of drug-likeness (QED) is 0.00620. The number of nitrogens with two attached hydrogens (primary N) is 1. The van der Waals surface area contributed by atoms with Gasteiger partial charge in [-0.2, -0.15) is 0 Å². The molecule has 0 radical (unpaired) electrons. The Kier molecular flexibility index (Phi) is 25.5. The molecule has 1 atom stereocenters. The number of unbranched alkanes of at least 4 members (excludes halogenated alkanes) is 13. The topological polar surface area (TPSA) is 250 Å². The van der Waals surface area contributed by atoms with E-state index in [1.807, 2.05) is 30.3 Å². The second-order valence-corrected chi connectivity index (χ2v) is 15.8. The highest BCUT2D eigenvalue weighted by molar-refractivity contribution is 6.04. The van der Waals surface area contributed by atoms with Crippen molar-refractivity contribution in [1.29, 1.82) is 0 Å². The van der Waals surface area contributed by atoms with Crippen LogP contribution < -0.4 is 24.7 Å². The average molecular weight is 957 g/mol. The van der Waals surface area contributed by atoms with E-state index in [0.717, 1.165) is 94.4 Å². The number of nitrogens with zero attached hydrogens (tertiary/aromatic N) is 1. The molecule has 69 heavy (non-hydrogen) atoms. The molecule has 4 aromatic rings. The van der Waals surface area contributed by atoms with Gasteiger partial charge in [0, 0.05) is 25.1 Å². The Morgan fingerprint density at radius 2 is 1.22 bits per heavy atom. The van der Waals surface area contributed by atoms with Crippen LogP contribution in [0.25, 0.3) is 0 Å². The highest BCUT2D eigenvalue weighted by atomic mass is 16.7. The zero-order valence-corrected chi connectivity index (χ0v) is 39.4. The summed E-state index contributed by atoms with van der Waals surface area (Å²) < 4.78 is 32.2. The van der Waals surface area contributed by atoms with Gasteiger partial charge >= 0.3 is 35.5 Å². The number of carboxylic acids is 2. The fourth-order valence-corrected chi connectivity index (χ4v) is 6.67. The summed E-state index contributed by atoms with van der Waals surface area (Å²) in [4.78, 5) is 70.0. The molecule has 1 unspecified atom stereocenters. The maximum absolute atomic E-state index is 12.8. The Morgan fingerprint density at radius 3 is 1.78 bits per heavy atom. The number of ether oxygens (including phenoxy) is 6. The normalized spacial score (nSPS) is 10.9. The first-order valence-electron chi connectivity index (χ1n) is 23.2. The largest absolute Gasteiger partial charge is 0.494 e. The third kappa shape index (κ3) is 21.4. The molecule has 4 rings (SSSR count). The predicted molar refractivity (Wildman–Crippen MR) is 258 cm³/mol. The van der Waals surface area contributed by atoms with Gasteiger partial charge in [0.15, 0.2) is 5.75 Å². The summed E-state index contributed by atoms with van der Waals surface area (Å²) in [6.07, 6.45) is 16.9. The van der Waals surface area contributed by atoms with Crippen LogP contribution in [0.2, 0.25) is 0 Å². The van der Waals surface area contributed by atoms with E-state index in [2.05, 4.69) is 13.5 Å². The zero-order valence-electron chi connectivity index (χ0n) is 39.4. The van der Waals surface area contributed by atoms with Crippen molar-refractivity contribution in [2.24, 2.45) is 0 Å². The van der Waals surface area contributed by atoms with Crippen LogP contribution in [0, 0.1) is 10.1 Å². The fourth-order valence-electron chi connectivity index (χ4n) is 6.67. The Morgan fingerprint density at radius 1 is 0.652 bits per heavy atom. The molecule has 0 saturated heterocycles. The minimum atomic E-state index is -1.45. The first-order chi connectivity index (χ1) is 33.2. The molecule has 0 amide bonds. The van der Waals surface area contributed by atoms with Gasteiger partial charge in [-0.05, 0) is 73.9 Å². The molecule has 372 valence electrons. The maximum atomic E-state index is 12.8. The molecule has 0 aliphatic carbocycles.